The largest absolute Gasteiger partial charge is 0.482 e. The highest BCUT2D eigenvalue weighted by molar-refractivity contribution is 6.44. The van der Waals surface area contributed by atoms with Crippen LogP contribution in [0.5, 0.6) is 0 Å². The van der Waals surface area contributed by atoms with E-state index in [1.807, 2.05) is 24.3 Å². The Balaban J connectivity index is 0.000000367. The molecule has 0 amide bonds. The molecule has 2 aliphatic carbocycles. The molecule has 0 saturated carbocycles. The van der Waals surface area contributed by atoms with Crippen molar-refractivity contribution in [3.8, 4) is 0 Å². The Kier molecular flexibility index (Phi) is 3.76. The third-order valence-corrected chi connectivity index (χ3v) is 3.73. The van der Waals surface area contributed by atoms with Gasteiger partial charge in [0.05, 0.1) is 0 Å². The summed E-state index contributed by atoms with van der Waals surface area (Å²) in [6.45, 7) is 0. The third kappa shape index (κ3) is 2.15. The summed E-state index contributed by atoms with van der Waals surface area (Å²) in [7, 11) is 0.823. The predicted molar refractivity (Wildman–Crippen MR) is 75.6 cm³/mol. The molecule has 0 spiro atoms. The fourth-order valence-electron chi connectivity index (χ4n) is 2.11. The van der Waals surface area contributed by atoms with Gasteiger partial charge in [0, 0.05) is 15.8 Å². The molecule has 1 radical (unpaired) electrons. The minimum atomic E-state index is 0. The molecule has 89 valence electrons. The van der Waals surface area contributed by atoms with E-state index in [1.165, 1.54) is 5.56 Å². The van der Waals surface area contributed by atoms with Gasteiger partial charge < -0.3 is 10.0 Å². The molecule has 0 saturated heterocycles. The summed E-state index contributed by atoms with van der Waals surface area (Å²) in [5.41, 5.74) is 4.32. The van der Waals surface area contributed by atoms with Gasteiger partial charge in [-0.05, 0) is 28.0 Å². The number of rotatable bonds is 0. The SMILES string of the molecule is O=C1C([SiH3])=CC=C2C1=Cc1ccccc12.O[B]O. The standard InChI is InChI=1S/C13H10OSi.BH2O2/c14-13-11-7-8-3-1-2-4-9(8)10(11)5-6-12(13)15;2-1-3/h1-7H,15H3;2-3H. The first-order valence-electron chi connectivity index (χ1n) is 5.54. The summed E-state index contributed by atoms with van der Waals surface area (Å²) in [6, 6.07) is 8.15. The first-order chi connectivity index (χ1) is 8.69. The quantitative estimate of drug-likeness (QED) is 0.631. The summed E-state index contributed by atoms with van der Waals surface area (Å²) in [6.07, 6.45) is 6.04. The minimum Gasteiger partial charge on any atom is -0.429 e. The lowest BCUT2D eigenvalue weighted by Crippen LogP contribution is -2.08. The number of hydrogen-bond donors (Lipinski definition) is 2. The smallest absolute Gasteiger partial charge is 0.429 e. The second-order valence-electron chi connectivity index (χ2n) is 4.02. The van der Waals surface area contributed by atoms with Crippen LogP contribution >= 0.6 is 0 Å². The normalized spacial score (nSPS) is 15.7. The topological polar surface area (TPSA) is 57.5 Å². The molecule has 0 bridgehead atoms. The van der Waals surface area contributed by atoms with Crippen LogP contribution in [0.3, 0.4) is 0 Å². The van der Waals surface area contributed by atoms with Crippen molar-refractivity contribution in [3.05, 3.63) is 58.3 Å². The van der Waals surface area contributed by atoms with Crippen molar-refractivity contribution in [1.29, 1.82) is 0 Å². The van der Waals surface area contributed by atoms with Crippen LogP contribution in [-0.4, -0.2) is 33.8 Å². The summed E-state index contributed by atoms with van der Waals surface area (Å²) < 4.78 is 0. The van der Waals surface area contributed by atoms with Gasteiger partial charge in [-0.15, -0.1) is 0 Å². The number of fused-ring (bicyclic) bond motifs is 3. The van der Waals surface area contributed by atoms with Crippen molar-refractivity contribution in [2.45, 2.75) is 0 Å². The van der Waals surface area contributed by atoms with Crippen molar-refractivity contribution in [3.63, 3.8) is 0 Å². The van der Waals surface area contributed by atoms with Crippen LogP contribution in [0.4, 0.5) is 0 Å². The van der Waals surface area contributed by atoms with E-state index in [0.717, 1.165) is 32.1 Å². The first-order valence-corrected chi connectivity index (χ1v) is 6.54. The molecule has 0 aliphatic heterocycles. The lowest BCUT2D eigenvalue weighted by molar-refractivity contribution is -0.111. The Bertz CT molecular complexity index is 588. The monoisotopic (exact) mass is 255 g/mol. The Morgan fingerprint density at radius 2 is 1.72 bits per heavy atom. The van der Waals surface area contributed by atoms with Gasteiger partial charge in [0.1, 0.15) is 0 Å². The number of ketones is 1. The van der Waals surface area contributed by atoms with Gasteiger partial charge in [-0.25, -0.2) is 0 Å². The van der Waals surface area contributed by atoms with E-state index in [0.29, 0.717) is 0 Å². The molecule has 1 aromatic carbocycles. The number of carbonyl (C=O) groups is 1. The zero-order valence-electron chi connectivity index (χ0n) is 9.92. The maximum Gasteiger partial charge on any atom is 0.482 e. The molecular formula is C13H12BO3Si. The predicted octanol–water partition coefficient (Wildman–Crippen LogP) is -0.196. The van der Waals surface area contributed by atoms with Gasteiger partial charge in [0.25, 0.3) is 0 Å². The zero-order chi connectivity index (χ0) is 13.1. The van der Waals surface area contributed by atoms with Crippen molar-refractivity contribution in [2.24, 2.45) is 0 Å². The lowest BCUT2D eigenvalue weighted by Gasteiger charge is -2.10. The maximum atomic E-state index is 11.9. The van der Waals surface area contributed by atoms with Crippen LogP contribution < -0.4 is 0 Å². The zero-order valence-corrected chi connectivity index (χ0v) is 11.9. The molecule has 0 atom stereocenters. The van der Waals surface area contributed by atoms with E-state index in [1.54, 1.807) is 0 Å². The van der Waals surface area contributed by atoms with Crippen LogP contribution in [-0.2, 0) is 4.79 Å². The average Bonchev–Trinajstić information content (AvgIpc) is 2.74. The van der Waals surface area contributed by atoms with Crippen molar-refractivity contribution >= 4 is 35.4 Å². The molecule has 0 fully saturated rings. The fraction of sp³-hybridized carbons (Fsp3) is 0. The highest BCUT2D eigenvalue weighted by atomic mass is 28.1. The average molecular weight is 255 g/mol. The number of allylic oxidation sites excluding steroid dienone is 5. The van der Waals surface area contributed by atoms with E-state index in [-0.39, 0.29) is 13.5 Å². The van der Waals surface area contributed by atoms with Crippen LogP contribution in [0.1, 0.15) is 11.1 Å². The molecule has 2 aliphatic rings. The summed E-state index contributed by atoms with van der Waals surface area (Å²) in [5.74, 6) is 0.218. The Hall–Kier alpha value is -1.69. The maximum absolute atomic E-state index is 11.9. The van der Waals surface area contributed by atoms with Crippen LogP contribution in [0.2, 0.25) is 0 Å². The van der Waals surface area contributed by atoms with Gasteiger partial charge in [-0.1, -0.05) is 36.4 Å². The second-order valence-corrected chi connectivity index (χ2v) is 5.10. The molecule has 0 heterocycles. The molecule has 18 heavy (non-hydrogen) atoms. The number of carbonyl (C=O) groups excluding carboxylic acids is 1. The molecule has 0 unspecified atom stereocenters. The lowest BCUT2D eigenvalue weighted by atomic mass is 9.96. The second kappa shape index (κ2) is 5.31. The van der Waals surface area contributed by atoms with Crippen LogP contribution in [0.25, 0.3) is 11.6 Å². The minimum absolute atomic E-state index is 0. The van der Waals surface area contributed by atoms with Crippen molar-refractivity contribution in [2.75, 3.05) is 0 Å². The molecule has 2 N–H and O–H groups in total. The van der Waals surface area contributed by atoms with Crippen LogP contribution in [0.15, 0.2) is 47.2 Å². The molecule has 3 nitrogen and oxygen atoms in total. The van der Waals surface area contributed by atoms with Gasteiger partial charge >= 0.3 is 7.69 Å². The van der Waals surface area contributed by atoms with Gasteiger partial charge in [0.2, 0.25) is 0 Å². The summed E-state index contributed by atoms with van der Waals surface area (Å²) >= 11 is 0. The highest BCUT2D eigenvalue weighted by Gasteiger charge is 2.25. The van der Waals surface area contributed by atoms with Crippen molar-refractivity contribution in [1.82, 2.24) is 0 Å². The van der Waals surface area contributed by atoms with E-state index in [4.69, 9.17) is 10.0 Å². The van der Waals surface area contributed by atoms with E-state index < -0.39 is 0 Å². The molecular weight excluding hydrogens is 243 g/mol. The van der Waals surface area contributed by atoms with Crippen molar-refractivity contribution < 1.29 is 14.8 Å². The third-order valence-electron chi connectivity index (χ3n) is 2.94. The van der Waals surface area contributed by atoms with Gasteiger partial charge in [-0.2, -0.15) is 0 Å². The van der Waals surface area contributed by atoms with E-state index in [2.05, 4.69) is 18.2 Å². The summed E-state index contributed by atoms with van der Waals surface area (Å²) in [4.78, 5) is 11.9. The van der Waals surface area contributed by atoms with E-state index in [9.17, 15) is 4.79 Å². The first kappa shape index (κ1) is 12.8. The van der Waals surface area contributed by atoms with E-state index >= 15 is 0 Å². The van der Waals surface area contributed by atoms with Gasteiger partial charge in [0.15, 0.2) is 5.78 Å². The van der Waals surface area contributed by atoms with Gasteiger partial charge in [-0.3, -0.25) is 4.79 Å². The highest BCUT2D eigenvalue weighted by Crippen LogP contribution is 2.38. The molecule has 5 heteroatoms. The Labute approximate surface area is 109 Å². The molecule has 3 rings (SSSR count). The number of benzene rings is 1. The Morgan fingerprint density at radius 1 is 1.06 bits per heavy atom. The molecule has 1 aromatic rings. The van der Waals surface area contributed by atoms with Crippen LogP contribution in [0, 0.1) is 0 Å². The fourth-order valence-corrected chi connectivity index (χ4v) is 2.55. The number of Topliss-reactive ketones (excluding diaryl/α,β-unsaturated/α-hetero) is 1. The number of hydrogen-bond acceptors (Lipinski definition) is 3. The Morgan fingerprint density at radius 3 is 2.44 bits per heavy atom. The summed E-state index contributed by atoms with van der Waals surface area (Å²) in [5, 5.41) is 15.0. The molecule has 0 aromatic heterocycles.